The minimum absolute atomic E-state index is 0.0176. The van der Waals surface area contributed by atoms with Crippen molar-refractivity contribution < 1.29 is 14.3 Å². The van der Waals surface area contributed by atoms with E-state index in [-0.39, 0.29) is 17.7 Å². The van der Waals surface area contributed by atoms with Crippen LogP contribution in [-0.4, -0.2) is 55.6 Å². The monoisotopic (exact) mass is 373 g/mol. The zero-order chi connectivity index (χ0) is 19.2. The molecule has 0 aliphatic carbocycles. The van der Waals surface area contributed by atoms with Crippen molar-refractivity contribution in [2.45, 2.75) is 45.6 Å². The van der Waals surface area contributed by atoms with Gasteiger partial charge in [-0.25, -0.2) is 0 Å². The van der Waals surface area contributed by atoms with Crippen molar-refractivity contribution in [2.24, 2.45) is 5.92 Å². The van der Waals surface area contributed by atoms with Crippen LogP contribution in [0.3, 0.4) is 0 Å². The first-order valence-corrected chi connectivity index (χ1v) is 10.1. The first-order valence-electron chi connectivity index (χ1n) is 10.1. The van der Waals surface area contributed by atoms with Gasteiger partial charge in [0.05, 0.1) is 5.92 Å². The van der Waals surface area contributed by atoms with E-state index in [1.807, 2.05) is 26.0 Å². The van der Waals surface area contributed by atoms with Gasteiger partial charge in [-0.2, -0.15) is 0 Å². The molecule has 2 amide bonds. The van der Waals surface area contributed by atoms with Crippen molar-refractivity contribution in [1.82, 2.24) is 10.2 Å². The van der Waals surface area contributed by atoms with Crippen LogP contribution < -0.4 is 10.6 Å². The first-order chi connectivity index (χ1) is 13.1. The second-order valence-corrected chi connectivity index (χ2v) is 7.56. The van der Waals surface area contributed by atoms with Crippen molar-refractivity contribution in [3.63, 3.8) is 0 Å². The highest BCUT2D eigenvalue weighted by atomic mass is 16.5. The first kappa shape index (κ1) is 19.8. The average molecular weight is 373 g/mol. The molecule has 148 valence electrons. The second kappa shape index (κ2) is 9.33. The fourth-order valence-corrected chi connectivity index (χ4v) is 4.04. The Morgan fingerprint density at radius 2 is 2.00 bits per heavy atom. The summed E-state index contributed by atoms with van der Waals surface area (Å²) in [5.41, 5.74) is 2.32. The third-order valence-corrected chi connectivity index (χ3v) is 5.61. The summed E-state index contributed by atoms with van der Waals surface area (Å²) in [5, 5.41) is 5.88. The van der Waals surface area contributed by atoms with Gasteiger partial charge in [0.15, 0.2) is 0 Å². The summed E-state index contributed by atoms with van der Waals surface area (Å²) in [6.07, 6.45) is 4.12. The van der Waals surface area contributed by atoms with Crippen LogP contribution in [0.1, 0.15) is 48.5 Å². The maximum atomic E-state index is 12.8. The molecule has 3 rings (SSSR count). The molecule has 2 aliphatic heterocycles. The van der Waals surface area contributed by atoms with Crippen molar-refractivity contribution >= 4 is 17.5 Å². The predicted molar refractivity (Wildman–Crippen MR) is 106 cm³/mol. The molecule has 0 spiro atoms. The molecular formula is C21H31N3O3. The molecule has 0 bridgehead atoms. The molecule has 2 aliphatic rings. The van der Waals surface area contributed by atoms with Gasteiger partial charge in [0, 0.05) is 43.6 Å². The van der Waals surface area contributed by atoms with E-state index >= 15 is 0 Å². The Hall–Kier alpha value is -1.92. The number of carbonyl (C=O) groups excluding carboxylic acids is 2. The van der Waals surface area contributed by atoms with E-state index in [1.54, 1.807) is 6.07 Å². The number of nitrogens with one attached hydrogen (secondary N) is 2. The van der Waals surface area contributed by atoms with E-state index < -0.39 is 0 Å². The molecule has 2 saturated heterocycles. The predicted octanol–water partition coefficient (Wildman–Crippen LogP) is 2.57. The maximum absolute atomic E-state index is 12.8. The summed E-state index contributed by atoms with van der Waals surface area (Å²) in [6, 6.07) is 5.97. The van der Waals surface area contributed by atoms with Crippen molar-refractivity contribution in [3.8, 4) is 0 Å². The van der Waals surface area contributed by atoms with E-state index in [2.05, 4.69) is 15.5 Å². The highest BCUT2D eigenvalue weighted by Crippen LogP contribution is 2.25. The molecule has 6 nitrogen and oxygen atoms in total. The maximum Gasteiger partial charge on any atom is 0.251 e. The molecule has 2 heterocycles. The molecule has 1 atom stereocenters. The molecule has 0 radical (unpaired) electrons. The number of carbonyl (C=O) groups is 2. The molecule has 1 aromatic carbocycles. The summed E-state index contributed by atoms with van der Waals surface area (Å²) in [6.45, 7) is 7.98. The van der Waals surface area contributed by atoms with E-state index in [1.165, 1.54) is 0 Å². The number of hydrogen-bond donors (Lipinski definition) is 2. The Kier molecular flexibility index (Phi) is 6.85. The van der Waals surface area contributed by atoms with Crippen LogP contribution in [0.2, 0.25) is 0 Å². The molecule has 0 saturated carbocycles. The summed E-state index contributed by atoms with van der Waals surface area (Å²) in [7, 11) is 0. The fourth-order valence-electron chi connectivity index (χ4n) is 4.04. The van der Waals surface area contributed by atoms with Crippen LogP contribution in [0.5, 0.6) is 0 Å². The average Bonchev–Trinajstić information content (AvgIpc) is 2.70. The normalized spacial score (nSPS) is 21.6. The Labute approximate surface area is 161 Å². The lowest BCUT2D eigenvalue weighted by molar-refractivity contribution is -0.122. The number of amides is 2. The fraction of sp³-hybridized carbons (Fsp3) is 0.619. The van der Waals surface area contributed by atoms with Gasteiger partial charge in [-0.3, -0.25) is 14.5 Å². The zero-order valence-electron chi connectivity index (χ0n) is 16.4. The van der Waals surface area contributed by atoms with Gasteiger partial charge in [0.2, 0.25) is 5.91 Å². The number of hydrogen-bond acceptors (Lipinski definition) is 4. The van der Waals surface area contributed by atoms with Gasteiger partial charge in [-0.1, -0.05) is 0 Å². The van der Waals surface area contributed by atoms with E-state index in [9.17, 15) is 9.59 Å². The summed E-state index contributed by atoms with van der Waals surface area (Å²) >= 11 is 0. The Morgan fingerprint density at radius 3 is 2.70 bits per heavy atom. The number of benzene rings is 1. The lowest BCUT2D eigenvalue weighted by atomic mass is 9.94. The number of likely N-dealkylation sites (tertiary alicyclic amines) is 1. The standard InChI is InChI=1S/C21H31N3O3/c1-3-22-20(25)16-6-7-19(15(2)13-16)23-21(26)17-5-4-10-24(14-17)18-8-11-27-12-9-18/h6-7,13,17-18H,3-5,8-12,14H2,1-2H3,(H,22,25)(H,23,26). The molecule has 2 fully saturated rings. The zero-order valence-corrected chi connectivity index (χ0v) is 16.4. The van der Waals surface area contributed by atoms with Crippen molar-refractivity contribution in [3.05, 3.63) is 29.3 Å². The summed E-state index contributed by atoms with van der Waals surface area (Å²) in [4.78, 5) is 27.3. The van der Waals surface area contributed by atoms with Crippen molar-refractivity contribution in [1.29, 1.82) is 0 Å². The third kappa shape index (κ3) is 5.08. The van der Waals surface area contributed by atoms with Gasteiger partial charge in [-0.15, -0.1) is 0 Å². The molecule has 6 heteroatoms. The Morgan fingerprint density at radius 1 is 1.22 bits per heavy atom. The SMILES string of the molecule is CCNC(=O)c1ccc(NC(=O)C2CCCN(C3CCOCC3)C2)c(C)c1. The highest BCUT2D eigenvalue weighted by Gasteiger charge is 2.30. The lowest BCUT2D eigenvalue weighted by Gasteiger charge is -2.39. The third-order valence-electron chi connectivity index (χ3n) is 5.61. The van der Waals surface area contributed by atoms with Crippen LogP contribution in [0.4, 0.5) is 5.69 Å². The minimum atomic E-state index is -0.0853. The number of ether oxygens (including phenoxy) is 1. The van der Waals surface area contributed by atoms with E-state index in [0.717, 1.165) is 63.2 Å². The van der Waals surface area contributed by atoms with Crippen LogP contribution in [-0.2, 0) is 9.53 Å². The quantitative estimate of drug-likeness (QED) is 0.832. The molecule has 27 heavy (non-hydrogen) atoms. The molecule has 0 aromatic heterocycles. The van der Waals surface area contributed by atoms with Gasteiger partial charge in [0.1, 0.15) is 0 Å². The second-order valence-electron chi connectivity index (χ2n) is 7.56. The van der Waals surface area contributed by atoms with Gasteiger partial charge in [-0.05, 0) is 69.8 Å². The Bertz CT molecular complexity index is 671. The largest absolute Gasteiger partial charge is 0.381 e. The number of nitrogens with zero attached hydrogens (tertiary/aromatic N) is 1. The minimum Gasteiger partial charge on any atom is -0.381 e. The van der Waals surface area contributed by atoms with E-state index in [0.29, 0.717) is 18.2 Å². The van der Waals surface area contributed by atoms with Gasteiger partial charge < -0.3 is 15.4 Å². The number of piperidine rings is 1. The number of rotatable bonds is 5. The lowest BCUT2D eigenvalue weighted by Crippen LogP contribution is -2.47. The van der Waals surface area contributed by atoms with Gasteiger partial charge in [0.25, 0.3) is 5.91 Å². The van der Waals surface area contributed by atoms with Crippen molar-refractivity contribution in [2.75, 3.05) is 38.2 Å². The van der Waals surface area contributed by atoms with Crippen LogP contribution >= 0.6 is 0 Å². The number of anilines is 1. The van der Waals surface area contributed by atoms with Crippen LogP contribution in [0.15, 0.2) is 18.2 Å². The van der Waals surface area contributed by atoms with Crippen LogP contribution in [0.25, 0.3) is 0 Å². The van der Waals surface area contributed by atoms with Crippen LogP contribution in [0, 0.1) is 12.8 Å². The topological polar surface area (TPSA) is 70.7 Å². The number of aryl methyl sites for hydroxylation is 1. The smallest absolute Gasteiger partial charge is 0.251 e. The van der Waals surface area contributed by atoms with Gasteiger partial charge >= 0.3 is 0 Å². The summed E-state index contributed by atoms with van der Waals surface area (Å²) < 4.78 is 5.46. The summed E-state index contributed by atoms with van der Waals surface area (Å²) in [5.74, 6) is 0.0162. The molecular weight excluding hydrogens is 342 g/mol. The van der Waals surface area contributed by atoms with E-state index in [4.69, 9.17) is 4.74 Å². The Balaban J connectivity index is 1.60. The molecule has 1 aromatic rings. The molecule has 2 N–H and O–H groups in total. The molecule has 1 unspecified atom stereocenters. The highest BCUT2D eigenvalue weighted by molar-refractivity contribution is 5.97.